The number of carbonyl (C=O) groups excluding carboxylic acids is 1. The first kappa shape index (κ1) is 18.0. The van der Waals surface area contributed by atoms with E-state index in [9.17, 15) is 4.79 Å². The smallest absolute Gasteiger partial charge is 0.226 e. The largest absolute Gasteiger partial charge is 0.342 e. The summed E-state index contributed by atoms with van der Waals surface area (Å²) in [6.45, 7) is 6.11. The van der Waals surface area contributed by atoms with Gasteiger partial charge in [0.05, 0.1) is 5.92 Å². The number of carbonyl (C=O) groups is 1. The molecule has 1 heterocycles. The Labute approximate surface area is 134 Å². The van der Waals surface area contributed by atoms with E-state index < -0.39 is 0 Å². The van der Waals surface area contributed by atoms with E-state index in [-0.39, 0.29) is 30.3 Å². The van der Waals surface area contributed by atoms with Gasteiger partial charge in [0.15, 0.2) is 0 Å². The number of likely N-dealkylation sites (N-methyl/N-ethyl adjacent to an activating group) is 1. The van der Waals surface area contributed by atoms with E-state index in [2.05, 4.69) is 43.4 Å². The molecule has 1 fully saturated rings. The van der Waals surface area contributed by atoms with Gasteiger partial charge < -0.3 is 10.2 Å². The quantitative estimate of drug-likeness (QED) is 0.927. The van der Waals surface area contributed by atoms with E-state index in [0.717, 1.165) is 32.4 Å². The fourth-order valence-electron chi connectivity index (χ4n) is 2.77. The summed E-state index contributed by atoms with van der Waals surface area (Å²) < 4.78 is 0. The molecular weight excluding hydrogens is 284 g/mol. The first-order valence-corrected chi connectivity index (χ1v) is 7.61. The number of halogens is 1. The molecule has 0 spiro atoms. The number of nitrogens with one attached hydrogen (secondary N) is 1. The highest BCUT2D eigenvalue weighted by molar-refractivity contribution is 5.85. The zero-order chi connectivity index (χ0) is 14.5. The van der Waals surface area contributed by atoms with E-state index in [1.54, 1.807) is 0 Å². The first-order valence-electron chi connectivity index (χ1n) is 7.61. The molecule has 21 heavy (non-hydrogen) atoms. The van der Waals surface area contributed by atoms with Gasteiger partial charge in [0.1, 0.15) is 0 Å². The first-order chi connectivity index (χ1) is 9.58. The summed E-state index contributed by atoms with van der Waals surface area (Å²) in [7, 11) is 1.94. The maximum atomic E-state index is 12.5. The highest BCUT2D eigenvalue weighted by Gasteiger charge is 2.26. The maximum Gasteiger partial charge on any atom is 0.226 e. The van der Waals surface area contributed by atoms with Crippen molar-refractivity contribution < 1.29 is 4.79 Å². The predicted octanol–water partition coefficient (Wildman–Crippen LogP) is 2.81. The fraction of sp³-hybridized carbons (Fsp3) is 0.588. The molecular formula is C17H27ClN2O. The minimum atomic E-state index is 0. The topological polar surface area (TPSA) is 32.3 Å². The van der Waals surface area contributed by atoms with Crippen LogP contribution in [0, 0.1) is 12.8 Å². The van der Waals surface area contributed by atoms with Crippen LogP contribution in [0.2, 0.25) is 0 Å². The van der Waals surface area contributed by atoms with E-state index in [1.807, 2.05) is 11.9 Å². The number of rotatable bonds is 4. The molecule has 0 bridgehead atoms. The van der Waals surface area contributed by atoms with Gasteiger partial charge in [-0.15, -0.1) is 12.4 Å². The third-order valence-electron chi connectivity index (χ3n) is 4.31. The molecule has 1 N–H and O–H groups in total. The number of amides is 1. The van der Waals surface area contributed by atoms with Crippen LogP contribution in [0.3, 0.4) is 0 Å². The van der Waals surface area contributed by atoms with Gasteiger partial charge in [-0.25, -0.2) is 0 Å². The number of aryl methyl sites for hydroxylation is 1. The lowest BCUT2D eigenvalue weighted by molar-refractivity contribution is -0.136. The van der Waals surface area contributed by atoms with Gasteiger partial charge in [0.25, 0.3) is 0 Å². The van der Waals surface area contributed by atoms with Gasteiger partial charge in [0.2, 0.25) is 5.91 Å². The Hall–Kier alpha value is -1.06. The lowest BCUT2D eigenvalue weighted by Crippen LogP contribution is -2.45. The van der Waals surface area contributed by atoms with Gasteiger partial charge in [-0.3, -0.25) is 4.79 Å². The third kappa shape index (κ3) is 5.01. The summed E-state index contributed by atoms with van der Waals surface area (Å²) in [6.07, 6.45) is 3.05. The number of piperidine rings is 1. The molecule has 4 heteroatoms. The van der Waals surface area contributed by atoms with Crippen LogP contribution in [0.1, 0.15) is 30.9 Å². The minimum Gasteiger partial charge on any atom is -0.342 e. The zero-order valence-electron chi connectivity index (χ0n) is 13.3. The minimum absolute atomic E-state index is 0. The second-order valence-electron chi connectivity index (χ2n) is 6.03. The second kappa shape index (κ2) is 8.40. The highest BCUT2D eigenvalue weighted by atomic mass is 35.5. The van der Waals surface area contributed by atoms with E-state index in [1.165, 1.54) is 11.1 Å². The molecule has 1 aliphatic rings. The molecule has 1 aliphatic heterocycles. The van der Waals surface area contributed by atoms with Crippen LogP contribution in [0.25, 0.3) is 0 Å². The van der Waals surface area contributed by atoms with Crippen LogP contribution in [0.15, 0.2) is 24.3 Å². The van der Waals surface area contributed by atoms with Crippen molar-refractivity contribution in [2.75, 3.05) is 20.1 Å². The Morgan fingerprint density at radius 3 is 2.62 bits per heavy atom. The van der Waals surface area contributed by atoms with Gasteiger partial charge in [-0.05, 0) is 45.2 Å². The van der Waals surface area contributed by atoms with Crippen molar-refractivity contribution in [2.45, 2.75) is 39.2 Å². The van der Waals surface area contributed by atoms with Gasteiger partial charge >= 0.3 is 0 Å². The maximum absolute atomic E-state index is 12.5. The summed E-state index contributed by atoms with van der Waals surface area (Å²) in [5.74, 6) is 0.450. The van der Waals surface area contributed by atoms with Crippen molar-refractivity contribution in [3.8, 4) is 0 Å². The summed E-state index contributed by atoms with van der Waals surface area (Å²) in [5.41, 5.74) is 2.57. The Morgan fingerprint density at radius 1 is 1.38 bits per heavy atom. The van der Waals surface area contributed by atoms with Crippen LogP contribution in [0.5, 0.6) is 0 Å². The molecule has 1 aromatic rings. The van der Waals surface area contributed by atoms with Crippen molar-refractivity contribution in [2.24, 2.45) is 5.92 Å². The average molecular weight is 311 g/mol. The molecule has 2 rings (SSSR count). The molecule has 2 unspecified atom stereocenters. The van der Waals surface area contributed by atoms with E-state index >= 15 is 0 Å². The van der Waals surface area contributed by atoms with Crippen LogP contribution >= 0.6 is 12.4 Å². The Morgan fingerprint density at radius 2 is 2.05 bits per heavy atom. The lowest BCUT2D eigenvalue weighted by atomic mass is 9.97. The van der Waals surface area contributed by atoms with E-state index in [0.29, 0.717) is 0 Å². The molecule has 0 aromatic heterocycles. The van der Waals surface area contributed by atoms with Crippen molar-refractivity contribution in [3.05, 3.63) is 35.4 Å². The summed E-state index contributed by atoms with van der Waals surface area (Å²) >= 11 is 0. The van der Waals surface area contributed by atoms with Crippen molar-refractivity contribution in [1.82, 2.24) is 10.2 Å². The predicted molar refractivity (Wildman–Crippen MR) is 90.0 cm³/mol. The molecule has 0 aliphatic carbocycles. The number of hydrogen-bond donors (Lipinski definition) is 1. The van der Waals surface area contributed by atoms with Crippen LogP contribution in [-0.2, 0) is 11.2 Å². The van der Waals surface area contributed by atoms with Crippen LogP contribution in [-0.4, -0.2) is 37.0 Å². The Balaban J connectivity index is 0.00000220. The second-order valence-corrected chi connectivity index (χ2v) is 6.03. The normalized spacial score (nSPS) is 19.5. The molecule has 1 amide bonds. The summed E-state index contributed by atoms with van der Waals surface area (Å²) in [5, 5.41) is 3.32. The monoisotopic (exact) mass is 310 g/mol. The Bertz CT molecular complexity index is 441. The summed E-state index contributed by atoms with van der Waals surface area (Å²) in [6, 6.07) is 8.83. The Kier molecular flexibility index (Phi) is 7.20. The van der Waals surface area contributed by atoms with Crippen LogP contribution < -0.4 is 5.32 Å². The average Bonchev–Trinajstić information content (AvgIpc) is 2.49. The third-order valence-corrected chi connectivity index (χ3v) is 4.31. The van der Waals surface area contributed by atoms with Crippen molar-refractivity contribution in [1.29, 1.82) is 0 Å². The lowest BCUT2D eigenvalue weighted by Gasteiger charge is -2.31. The molecule has 2 atom stereocenters. The van der Waals surface area contributed by atoms with E-state index in [4.69, 9.17) is 0 Å². The molecule has 0 saturated carbocycles. The number of hydrogen-bond acceptors (Lipinski definition) is 2. The van der Waals surface area contributed by atoms with Gasteiger partial charge in [-0.1, -0.05) is 29.8 Å². The summed E-state index contributed by atoms with van der Waals surface area (Å²) in [4.78, 5) is 14.4. The number of benzene rings is 1. The molecule has 3 nitrogen and oxygen atoms in total. The van der Waals surface area contributed by atoms with Crippen LogP contribution in [0.4, 0.5) is 0 Å². The fourth-order valence-corrected chi connectivity index (χ4v) is 2.77. The van der Waals surface area contributed by atoms with Gasteiger partial charge in [-0.2, -0.15) is 0 Å². The zero-order valence-corrected chi connectivity index (χ0v) is 14.1. The van der Waals surface area contributed by atoms with Crippen molar-refractivity contribution >= 4 is 18.3 Å². The highest BCUT2D eigenvalue weighted by Crippen LogP contribution is 2.16. The molecule has 1 saturated heterocycles. The van der Waals surface area contributed by atoms with Crippen molar-refractivity contribution in [3.63, 3.8) is 0 Å². The standard InChI is InChI=1S/C17H26N2O.ClH/c1-13-6-8-15(9-7-13)11-14(2)19(3)17(20)16-5-4-10-18-12-16;/h6-9,14,16,18H,4-5,10-12H2,1-3H3;1H. The molecule has 1 aromatic carbocycles. The molecule has 118 valence electrons. The number of nitrogens with zero attached hydrogens (tertiary/aromatic N) is 1. The molecule has 0 radical (unpaired) electrons. The SMILES string of the molecule is Cc1ccc(CC(C)N(C)C(=O)C2CCCNC2)cc1.Cl. The van der Waals surface area contributed by atoms with Gasteiger partial charge in [0, 0.05) is 19.6 Å².